The van der Waals surface area contributed by atoms with E-state index in [1.54, 1.807) is 0 Å². The van der Waals surface area contributed by atoms with E-state index in [-0.39, 0.29) is 0 Å². The second-order valence-corrected chi connectivity index (χ2v) is 29.8. The van der Waals surface area contributed by atoms with E-state index in [9.17, 15) is 0 Å². The summed E-state index contributed by atoms with van der Waals surface area (Å²) in [6.45, 7) is 0. The van der Waals surface area contributed by atoms with E-state index in [0.29, 0.717) is 0 Å². The number of hydrogen-bond donors (Lipinski definition) is 1. The molecule has 0 bridgehead atoms. The number of benzene rings is 18. The number of nitrogens with one attached hydrogen (secondary N) is 1. The Morgan fingerprint density at radius 3 is 0.878 bits per heavy atom. The van der Waals surface area contributed by atoms with Gasteiger partial charge in [-0.2, -0.15) is 0 Å². The molecule has 0 spiro atoms. The second-order valence-electron chi connectivity index (χ2n) is 28.9. The third-order valence-electron chi connectivity index (χ3n) is 22.0. The van der Waals surface area contributed by atoms with E-state index in [4.69, 9.17) is 8.83 Å². The van der Waals surface area contributed by atoms with Crippen LogP contribution in [0.1, 0.15) is 0 Å². The van der Waals surface area contributed by atoms with Crippen LogP contribution in [0, 0.1) is 0 Å². The zero-order chi connectivity index (χ0) is 76.5. The van der Waals surface area contributed by atoms with Crippen LogP contribution in [-0.2, 0) is 0 Å². The normalized spacial score (nSPS) is 11.3. The summed E-state index contributed by atoms with van der Waals surface area (Å²) in [6, 6.07) is 155. The predicted molar refractivity (Wildman–Crippen MR) is 487 cm³/mol. The van der Waals surface area contributed by atoms with Crippen molar-refractivity contribution in [3.05, 3.63) is 441 Å². The van der Waals surface area contributed by atoms with E-state index in [2.05, 4.69) is 436 Å². The lowest BCUT2D eigenvalue weighted by Crippen LogP contribution is -2.09. The standard InChI is InChI=1S/C54H36N2O.C36H26N2.C18H11BrO/c1-2-12-37(13-3-1)38-24-30-42(31-25-38)55(44-34-28-40(29-35-44)46-19-11-20-50-49-18-6-9-23-53(49)57-54(46)50)43-32-26-39(27-33-43)41-14-10-15-45(36-41)56-51-21-7-4-16-47(51)48-17-5-8-22-52(48)56;1-2-9-26(10-3-1)27-17-21-30(22-18-27)37-31-23-19-28(20-24-31)29-11-8-12-32(25-29)38-35-15-6-4-13-33(35)34-14-5-7-16-36(34)38;19-13-10-8-12(9-11-13)14-5-3-6-16-15-4-1-2-7-17(15)20-18(14)16/h1-36H;1-25,37H;1-11H. The van der Waals surface area contributed by atoms with Gasteiger partial charge in [-0.25, -0.2) is 0 Å². The van der Waals surface area contributed by atoms with Crippen molar-refractivity contribution in [2.75, 3.05) is 10.2 Å². The highest BCUT2D eigenvalue weighted by Crippen LogP contribution is 2.43. The number of hydrogen-bond acceptors (Lipinski definition) is 4. The molecule has 0 aliphatic rings. The van der Waals surface area contributed by atoms with Crippen LogP contribution in [0.5, 0.6) is 0 Å². The van der Waals surface area contributed by atoms with E-state index in [1.807, 2.05) is 36.4 Å². The minimum absolute atomic E-state index is 0.906. The van der Waals surface area contributed by atoms with E-state index in [0.717, 1.165) is 99.5 Å². The van der Waals surface area contributed by atoms with Gasteiger partial charge in [-0.15, -0.1) is 0 Å². The summed E-state index contributed by atoms with van der Waals surface area (Å²) in [7, 11) is 0. The van der Waals surface area contributed by atoms with Gasteiger partial charge in [0.25, 0.3) is 0 Å². The van der Waals surface area contributed by atoms with Crippen molar-refractivity contribution < 1.29 is 8.83 Å². The lowest BCUT2D eigenvalue weighted by Gasteiger charge is -2.26. The van der Waals surface area contributed by atoms with Crippen molar-refractivity contribution in [3.8, 4) is 78.1 Å². The van der Waals surface area contributed by atoms with Crippen LogP contribution in [0.25, 0.3) is 166 Å². The molecule has 544 valence electrons. The van der Waals surface area contributed by atoms with Crippen molar-refractivity contribution in [2.24, 2.45) is 0 Å². The summed E-state index contributed by atoms with van der Waals surface area (Å²) >= 11 is 3.47. The average Bonchev–Trinajstić information content (AvgIpc) is 1.60. The van der Waals surface area contributed by atoms with Gasteiger partial charge in [0.2, 0.25) is 0 Å². The van der Waals surface area contributed by atoms with E-state index < -0.39 is 0 Å². The van der Waals surface area contributed by atoms with Crippen molar-refractivity contribution in [1.82, 2.24) is 9.13 Å². The van der Waals surface area contributed by atoms with Crippen LogP contribution in [0.2, 0.25) is 0 Å². The van der Waals surface area contributed by atoms with E-state index >= 15 is 0 Å². The number of nitrogens with zero attached hydrogens (tertiary/aromatic N) is 3. The highest BCUT2D eigenvalue weighted by Gasteiger charge is 2.20. The Morgan fingerprint density at radius 1 is 0.217 bits per heavy atom. The van der Waals surface area contributed by atoms with Gasteiger partial charge in [-0.05, 0) is 189 Å². The van der Waals surface area contributed by atoms with Gasteiger partial charge in [0.05, 0.1) is 22.1 Å². The van der Waals surface area contributed by atoms with Crippen molar-refractivity contribution >= 4 is 132 Å². The Morgan fingerprint density at radius 2 is 0.496 bits per heavy atom. The number of rotatable bonds is 13. The van der Waals surface area contributed by atoms with Crippen LogP contribution in [-0.4, -0.2) is 9.13 Å². The van der Waals surface area contributed by atoms with Crippen molar-refractivity contribution in [3.63, 3.8) is 0 Å². The van der Waals surface area contributed by atoms with Crippen LogP contribution in [0.3, 0.4) is 0 Å². The Hall–Kier alpha value is -14.8. The summed E-state index contributed by atoms with van der Waals surface area (Å²) in [5.41, 5.74) is 30.3. The molecule has 4 aromatic heterocycles. The molecule has 0 radical (unpaired) electrons. The van der Waals surface area contributed by atoms with Gasteiger partial charge in [0.1, 0.15) is 22.3 Å². The van der Waals surface area contributed by atoms with Crippen LogP contribution < -0.4 is 10.2 Å². The summed E-state index contributed by atoms with van der Waals surface area (Å²) in [4.78, 5) is 2.33. The Bertz CT molecular complexity index is 7160. The fourth-order valence-electron chi connectivity index (χ4n) is 16.4. The molecule has 0 unspecified atom stereocenters. The molecule has 0 saturated heterocycles. The first kappa shape index (κ1) is 69.4. The summed E-state index contributed by atoms with van der Waals surface area (Å²) in [5, 5.41) is 13.2. The molecule has 4 heterocycles. The first-order valence-electron chi connectivity index (χ1n) is 38.9. The molecule has 0 saturated carbocycles. The molecule has 0 atom stereocenters. The monoisotopic (exact) mass is 1540 g/mol. The summed E-state index contributed by atoms with van der Waals surface area (Å²) < 4.78 is 18.3. The number of fused-ring (bicyclic) bond motifs is 12. The van der Waals surface area contributed by atoms with Gasteiger partial charge in [0.15, 0.2) is 0 Å². The van der Waals surface area contributed by atoms with Gasteiger partial charge < -0.3 is 28.2 Å². The highest BCUT2D eigenvalue weighted by atomic mass is 79.9. The van der Waals surface area contributed by atoms with Gasteiger partial charge in [-0.3, -0.25) is 0 Å². The molecule has 1 N–H and O–H groups in total. The molecule has 22 rings (SSSR count). The molecule has 115 heavy (non-hydrogen) atoms. The largest absolute Gasteiger partial charge is 0.455 e. The maximum Gasteiger partial charge on any atom is 0.143 e. The SMILES string of the molecule is Brc1ccc(-c2cccc3c2oc2ccccc23)cc1.c1ccc(-c2ccc(N(c3ccc(-c4cccc(-n5c6ccccc6c6ccccc65)c4)cc3)c3ccc(-c4cccc5c4oc4ccccc45)cc3)cc2)cc1.c1ccc(-c2ccc(Nc3ccc(-c4cccc(-n5c6ccccc6c6ccccc65)c4)cc3)cc2)cc1. The number of anilines is 5. The molecule has 0 fully saturated rings. The third kappa shape index (κ3) is 13.5. The average molecular weight is 1540 g/mol. The highest BCUT2D eigenvalue weighted by molar-refractivity contribution is 9.10. The van der Waals surface area contributed by atoms with Gasteiger partial charge in [-0.1, -0.05) is 319 Å². The topological polar surface area (TPSA) is 51.4 Å². The maximum atomic E-state index is 6.40. The zero-order valence-electron chi connectivity index (χ0n) is 62.6. The van der Waals surface area contributed by atoms with Gasteiger partial charge >= 0.3 is 0 Å². The first-order valence-corrected chi connectivity index (χ1v) is 39.7. The Kier molecular flexibility index (Phi) is 18.4. The molecule has 22 aromatic rings. The van der Waals surface area contributed by atoms with Gasteiger partial charge in [0, 0.05) is 98.5 Å². The molecule has 7 heteroatoms. The summed E-state index contributed by atoms with van der Waals surface area (Å²) in [6.07, 6.45) is 0. The van der Waals surface area contributed by atoms with Crippen LogP contribution >= 0.6 is 15.9 Å². The Balaban J connectivity index is 0.000000126. The minimum atomic E-state index is 0.906. The maximum absolute atomic E-state index is 6.40. The molecule has 0 aliphatic heterocycles. The Labute approximate surface area is 674 Å². The smallest absolute Gasteiger partial charge is 0.143 e. The zero-order valence-corrected chi connectivity index (χ0v) is 64.2. The molecule has 6 nitrogen and oxygen atoms in total. The fourth-order valence-corrected chi connectivity index (χ4v) is 16.7. The quantitative estimate of drug-likeness (QED) is 0.125. The number of furan rings is 2. The van der Waals surface area contributed by atoms with E-state index in [1.165, 1.54) is 99.0 Å². The van der Waals surface area contributed by atoms with Crippen molar-refractivity contribution in [2.45, 2.75) is 0 Å². The number of aromatic nitrogens is 2. The molecular formula is C108H73BrN4O2. The first-order chi connectivity index (χ1) is 56.9. The number of halogens is 1. The number of para-hydroxylation sites is 8. The lowest BCUT2D eigenvalue weighted by molar-refractivity contribution is 0.669. The molecular weight excluding hydrogens is 1470 g/mol. The minimum Gasteiger partial charge on any atom is -0.455 e. The summed E-state index contributed by atoms with van der Waals surface area (Å²) in [5.74, 6) is 0. The molecule has 0 aliphatic carbocycles. The predicted octanol–water partition coefficient (Wildman–Crippen LogP) is 31.0. The molecule has 0 amide bonds. The van der Waals surface area contributed by atoms with Crippen molar-refractivity contribution in [1.29, 1.82) is 0 Å². The third-order valence-corrected chi connectivity index (χ3v) is 22.5. The lowest BCUT2D eigenvalue weighted by atomic mass is 10.0. The second kappa shape index (κ2) is 30.5. The van der Waals surface area contributed by atoms with Crippen LogP contribution in [0.4, 0.5) is 28.4 Å². The van der Waals surface area contributed by atoms with Crippen LogP contribution in [0.15, 0.2) is 450 Å². The molecule has 18 aromatic carbocycles. The fraction of sp³-hybridized carbons (Fsp3) is 0.